The smallest absolute Gasteiger partial charge is 0.223 e. The van der Waals surface area contributed by atoms with Gasteiger partial charge in [0.25, 0.3) is 0 Å². The lowest BCUT2D eigenvalue weighted by atomic mass is 10.0. The second-order valence-electron chi connectivity index (χ2n) is 5.55. The van der Waals surface area contributed by atoms with Crippen LogP contribution in [-0.2, 0) is 4.79 Å². The van der Waals surface area contributed by atoms with Gasteiger partial charge in [-0.3, -0.25) is 4.79 Å². The first kappa shape index (κ1) is 10.8. The predicted octanol–water partition coefficient (Wildman–Crippen LogP) is 2.91. The molecule has 3 rings (SSSR count). The third kappa shape index (κ3) is 2.36. The van der Waals surface area contributed by atoms with Gasteiger partial charge in [-0.1, -0.05) is 37.3 Å². The van der Waals surface area contributed by atoms with Crippen LogP contribution in [0.4, 0.5) is 0 Å². The normalized spacial score (nSPS) is 28.5. The van der Waals surface area contributed by atoms with Crippen LogP contribution in [0.1, 0.15) is 37.8 Å². The molecule has 3 atom stereocenters. The summed E-state index contributed by atoms with van der Waals surface area (Å²) in [5.74, 6) is 1.79. The topological polar surface area (TPSA) is 29.1 Å². The van der Waals surface area contributed by atoms with E-state index in [0.29, 0.717) is 11.8 Å². The van der Waals surface area contributed by atoms with E-state index in [-0.39, 0.29) is 17.9 Å². The van der Waals surface area contributed by atoms with Gasteiger partial charge < -0.3 is 5.32 Å². The van der Waals surface area contributed by atoms with E-state index in [9.17, 15) is 4.79 Å². The van der Waals surface area contributed by atoms with Crippen LogP contribution in [0.5, 0.6) is 0 Å². The lowest BCUT2D eigenvalue weighted by Crippen LogP contribution is -2.31. The summed E-state index contributed by atoms with van der Waals surface area (Å²) in [5, 5.41) is 3.25. The Morgan fingerprint density at radius 2 is 1.94 bits per heavy atom. The lowest BCUT2D eigenvalue weighted by molar-refractivity contribution is -0.123. The molecule has 0 saturated heterocycles. The summed E-state index contributed by atoms with van der Waals surface area (Å²) in [6.07, 6.45) is 3.57. The molecule has 1 N–H and O–H groups in total. The zero-order valence-corrected chi connectivity index (χ0v) is 10.2. The van der Waals surface area contributed by atoms with E-state index in [1.807, 2.05) is 6.07 Å². The van der Waals surface area contributed by atoms with Crippen LogP contribution in [0.15, 0.2) is 30.3 Å². The standard InChI is InChI=1S/C15H19NO/c1-10-9-13(10)15(17)16-14(12-7-8-12)11-5-3-2-4-6-11/h2-6,10,12-14H,7-9H2,1H3,(H,16,17)/t10-,13+,14+/m1/s1. The van der Waals surface area contributed by atoms with Crippen LogP contribution in [0.3, 0.4) is 0 Å². The first-order valence-corrected chi connectivity index (χ1v) is 6.61. The summed E-state index contributed by atoms with van der Waals surface area (Å²) < 4.78 is 0. The molecule has 0 bridgehead atoms. The molecule has 0 spiro atoms. The van der Waals surface area contributed by atoms with Crippen molar-refractivity contribution in [1.29, 1.82) is 0 Å². The van der Waals surface area contributed by atoms with E-state index in [0.717, 1.165) is 6.42 Å². The minimum Gasteiger partial charge on any atom is -0.349 e. The van der Waals surface area contributed by atoms with Gasteiger partial charge in [-0.25, -0.2) is 0 Å². The average Bonchev–Trinajstić information content (AvgIpc) is 3.22. The second-order valence-corrected chi connectivity index (χ2v) is 5.55. The summed E-state index contributed by atoms with van der Waals surface area (Å²) in [4.78, 5) is 12.0. The minimum absolute atomic E-state index is 0.247. The van der Waals surface area contributed by atoms with Gasteiger partial charge in [0.2, 0.25) is 5.91 Å². The number of nitrogens with one attached hydrogen (secondary N) is 1. The molecule has 0 radical (unpaired) electrons. The number of amides is 1. The SMILES string of the molecule is C[C@@H]1C[C@@H]1C(=O)N[C@@H](c1ccccc1)C1CC1. The van der Waals surface area contributed by atoms with Crippen molar-refractivity contribution in [2.45, 2.75) is 32.2 Å². The van der Waals surface area contributed by atoms with Crippen molar-refractivity contribution in [2.75, 3.05) is 0 Å². The summed E-state index contributed by atoms with van der Waals surface area (Å²) >= 11 is 0. The number of carbonyl (C=O) groups is 1. The van der Waals surface area contributed by atoms with Gasteiger partial charge in [-0.15, -0.1) is 0 Å². The highest BCUT2D eigenvalue weighted by Crippen LogP contribution is 2.43. The van der Waals surface area contributed by atoms with E-state index in [2.05, 4.69) is 36.5 Å². The van der Waals surface area contributed by atoms with Gasteiger partial charge >= 0.3 is 0 Å². The maximum atomic E-state index is 12.0. The number of hydrogen-bond acceptors (Lipinski definition) is 1. The van der Waals surface area contributed by atoms with Crippen LogP contribution in [0.25, 0.3) is 0 Å². The number of carbonyl (C=O) groups excluding carboxylic acids is 1. The van der Waals surface area contributed by atoms with Crippen molar-refractivity contribution in [2.24, 2.45) is 17.8 Å². The molecule has 1 amide bonds. The maximum Gasteiger partial charge on any atom is 0.223 e. The third-order valence-corrected chi connectivity index (χ3v) is 4.00. The number of rotatable bonds is 4. The Kier molecular flexibility index (Phi) is 2.65. The second kappa shape index (κ2) is 4.17. The summed E-state index contributed by atoms with van der Waals surface area (Å²) in [7, 11) is 0. The fourth-order valence-electron chi connectivity index (χ4n) is 2.51. The summed E-state index contributed by atoms with van der Waals surface area (Å²) in [6.45, 7) is 2.15. The van der Waals surface area contributed by atoms with Crippen molar-refractivity contribution >= 4 is 5.91 Å². The monoisotopic (exact) mass is 229 g/mol. The highest BCUT2D eigenvalue weighted by molar-refractivity contribution is 5.81. The Morgan fingerprint density at radius 3 is 2.47 bits per heavy atom. The Bertz CT molecular complexity index is 410. The van der Waals surface area contributed by atoms with Crippen molar-refractivity contribution in [3.8, 4) is 0 Å². The molecule has 2 fully saturated rings. The molecule has 17 heavy (non-hydrogen) atoms. The van der Waals surface area contributed by atoms with E-state index in [1.165, 1.54) is 18.4 Å². The molecular weight excluding hydrogens is 210 g/mol. The van der Waals surface area contributed by atoms with Crippen LogP contribution < -0.4 is 5.32 Å². The highest BCUT2D eigenvalue weighted by atomic mass is 16.2. The van der Waals surface area contributed by atoms with Crippen molar-refractivity contribution in [3.63, 3.8) is 0 Å². The Labute approximate surface area is 102 Å². The molecule has 0 aromatic heterocycles. The predicted molar refractivity (Wildman–Crippen MR) is 67.3 cm³/mol. The molecule has 1 aromatic carbocycles. The molecule has 2 aliphatic carbocycles. The van der Waals surface area contributed by atoms with Crippen molar-refractivity contribution in [1.82, 2.24) is 5.32 Å². The lowest BCUT2D eigenvalue weighted by Gasteiger charge is -2.18. The molecule has 0 unspecified atom stereocenters. The molecule has 90 valence electrons. The molecule has 0 heterocycles. The highest BCUT2D eigenvalue weighted by Gasteiger charge is 2.41. The zero-order chi connectivity index (χ0) is 11.8. The first-order valence-electron chi connectivity index (χ1n) is 6.61. The fraction of sp³-hybridized carbons (Fsp3) is 0.533. The molecule has 2 nitrogen and oxygen atoms in total. The molecular formula is C15H19NO. The van der Waals surface area contributed by atoms with E-state index < -0.39 is 0 Å². The summed E-state index contributed by atoms with van der Waals surface area (Å²) in [6, 6.07) is 10.6. The number of benzene rings is 1. The van der Waals surface area contributed by atoms with Gasteiger partial charge in [0.1, 0.15) is 0 Å². The Hall–Kier alpha value is -1.31. The third-order valence-electron chi connectivity index (χ3n) is 4.00. The Balaban J connectivity index is 1.70. The van der Waals surface area contributed by atoms with Gasteiger partial charge in [0.05, 0.1) is 6.04 Å². The fourth-order valence-corrected chi connectivity index (χ4v) is 2.51. The zero-order valence-electron chi connectivity index (χ0n) is 10.2. The molecule has 2 aliphatic rings. The quantitative estimate of drug-likeness (QED) is 0.845. The molecule has 2 saturated carbocycles. The minimum atomic E-state index is 0.247. The van der Waals surface area contributed by atoms with E-state index >= 15 is 0 Å². The average molecular weight is 229 g/mol. The van der Waals surface area contributed by atoms with Crippen LogP contribution >= 0.6 is 0 Å². The van der Waals surface area contributed by atoms with E-state index in [4.69, 9.17) is 0 Å². The van der Waals surface area contributed by atoms with Gasteiger partial charge in [0.15, 0.2) is 0 Å². The molecule has 2 heteroatoms. The summed E-state index contributed by atoms with van der Waals surface area (Å²) in [5.41, 5.74) is 1.26. The van der Waals surface area contributed by atoms with Gasteiger partial charge in [-0.2, -0.15) is 0 Å². The van der Waals surface area contributed by atoms with Crippen LogP contribution in [0.2, 0.25) is 0 Å². The van der Waals surface area contributed by atoms with Gasteiger partial charge in [0, 0.05) is 5.92 Å². The Morgan fingerprint density at radius 1 is 1.29 bits per heavy atom. The molecule has 1 aromatic rings. The van der Waals surface area contributed by atoms with Gasteiger partial charge in [-0.05, 0) is 36.7 Å². The molecule has 0 aliphatic heterocycles. The largest absolute Gasteiger partial charge is 0.349 e. The van der Waals surface area contributed by atoms with Crippen LogP contribution in [0, 0.1) is 17.8 Å². The first-order chi connectivity index (χ1) is 8.25. The maximum absolute atomic E-state index is 12.0. The van der Waals surface area contributed by atoms with E-state index in [1.54, 1.807) is 0 Å². The van der Waals surface area contributed by atoms with Crippen molar-refractivity contribution < 1.29 is 4.79 Å². The van der Waals surface area contributed by atoms with Crippen LogP contribution in [-0.4, -0.2) is 5.91 Å². The number of hydrogen-bond donors (Lipinski definition) is 1. The van der Waals surface area contributed by atoms with Crippen molar-refractivity contribution in [3.05, 3.63) is 35.9 Å².